The number of rotatable bonds is 6. The fourth-order valence-corrected chi connectivity index (χ4v) is 6.59. The summed E-state index contributed by atoms with van der Waals surface area (Å²) in [5.41, 5.74) is 0.0594. The van der Waals surface area contributed by atoms with E-state index in [0.717, 1.165) is 17.1 Å². The van der Waals surface area contributed by atoms with Crippen molar-refractivity contribution in [2.24, 2.45) is 10.8 Å². The van der Waals surface area contributed by atoms with Crippen LogP contribution in [0, 0.1) is 10.8 Å². The number of nitrogens with zero attached hydrogens (tertiary/aromatic N) is 5. The summed E-state index contributed by atoms with van der Waals surface area (Å²) in [5.74, 6) is -0.762. The molecule has 5 rings (SSSR count). The molecule has 0 amide bonds. The van der Waals surface area contributed by atoms with Crippen molar-refractivity contribution in [2.75, 3.05) is 34.4 Å². The van der Waals surface area contributed by atoms with Crippen LogP contribution in [0.2, 0.25) is 0 Å². The molecule has 5 heterocycles. The molecule has 0 spiro atoms. The van der Waals surface area contributed by atoms with Crippen molar-refractivity contribution >= 4 is 11.9 Å². The number of aromatic nitrogens is 3. The van der Waals surface area contributed by atoms with Crippen LogP contribution in [0.15, 0.2) is 73.2 Å². The number of esters is 2. The van der Waals surface area contributed by atoms with Gasteiger partial charge < -0.3 is 14.4 Å². The van der Waals surface area contributed by atoms with Gasteiger partial charge in [0.1, 0.15) is 10.8 Å². The number of fused-ring (bicyclic) bond motifs is 2. The lowest BCUT2D eigenvalue weighted by molar-refractivity contribution is -0.210. The zero-order chi connectivity index (χ0) is 26.0. The summed E-state index contributed by atoms with van der Waals surface area (Å²) in [6, 6.07) is 16.1. The minimum absolute atomic E-state index is 0.241. The smallest absolute Gasteiger partial charge is 0.315 e. The second-order valence-corrected chi connectivity index (χ2v) is 9.95. The SMILES string of the molecule is COC(=O)C12CN(C)CC(C(=O)OC)(C1)C(c1ccccn1)N(Cc1ccccn1)C2c1ccccn1. The minimum Gasteiger partial charge on any atom is -0.468 e. The lowest BCUT2D eigenvalue weighted by Crippen LogP contribution is -2.69. The van der Waals surface area contributed by atoms with Gasteiger partial charge in [-0.3, -0.25) is 29.4 Å². The quantitative estimate of drug-likeness (QED) is 0.472. The van der Waals surface area contributed by atoms with Crippen LogP contribution in [0.1, 0.15) is 35.6 Å². The predicted octanol–water partition coefficient (Wildman–Crippen LogP) is 2.82. The summed E-state index contributed by atoms with van der Waals surface area (Å²) < 4.78 is 10.9. The van der Waals surface area contributed by atoms with Gasteiger partial charge in [-0.15, -0.1) is 0 Å². The molecule has 4 atom stereocenters. The van der Waals surface area contributed by atoms with Gasteiger partial charge in [-0.1, -0.05) is 18.2 Å². The third-order valence-corrected chi connectivity index (χ3v) is 7.64. The number of carbonyl (C=O) groups excluding carboxylic acids is 2. The third-order valence-electron chi connectivity index (χ3n) is 7.64. The Hall–Kier alpha value is -3.69. The van der Waals surface area contributed by atoms with E-state index < -0.39 is 22.9 Å². The molecular weight excluding hydrogens is 470 g/mol. The molecule has 2 bridgehead atoms. The maximum absolute atomic E-state index is 13.8. The van der Waals surface area contributed by atoms with Crippen molar-refractivity contribution in [1.82, 2.24) is 24.8 Å². The first kappa shape index (κ1) is 25.0. The Morgan fingerprint density at radius 2 is 1.30 bits per heavy atom. The molecule has 9 nitrogen and oxygen atoms in total. The number of piperidine rings is 2. The van der Waals surface area contributed by atoms with Crippen molar-refractivity contribution < 1.29 is 19.1 Å². The van der Waals surface area contributed by atoms with Crippen LogP contribution in [0.5, 0.6) is 0 Å². The molecule has 9 heteroatoms. The molecule has 2 saturated heterocycles. The monoisotopic (exact) mass is 501 g/mol. The maximum atomic E-state index is 13.8. The molecule has 2 aliphatic heterocycles. The van der Waals surface area contributed by atoms with Crippen molar-refractivity contribution in [3.63, 3.8) is 0 Å². The highest BCUT2D eigenvalue weighted by Gasteiger charge is 2.69. The molecule has 0 radical (unpaired) electrons. The van der Waals surface area contributed by atoms with Gasteiger partial charge in [0.15, 0.2) is 0 Å². The highest BCUT2D eigenvalue weighted by Crippen LogP contribution is 2.63. The average Bonchev–Trinajstić information content (AvgIpc) is 2.93. The summed E-state index contributed by atoms with van der Waals surface area (Å²) in [6.45, 7) is 1.16. The Morgan fingerprint density at radius 1 is 0.811 bits per heavy atom. The van der Waals surface area contributed by atoms with Crippen molar-refractivity contribution in [1.29, 1.82) is 0 Å². The standard InChI is InChI=1S/C28H31N5O4/c1-32-18-27(25(34)36-2)17-28(19-32,26(35)37-3)24(22-12-6-9-15-31-22)33(16-20-10-4-7-13-29-20)23(27)21-11-5-8-14-30-21/h4-15,23-24H,16-19H2,1-3H3. The number of carbonyl (C=O) groups is 2. The van der Waals surface area contributed by atoms with Crippen LogP contribution < -0.4 is 0 Å². The fraction of sp³-hybridized carbons (Fsp3) is 0.393. The Kier molecular flexibility index (Phi) is 6.74. The van der Waals surface area contributed by atoms with Gasteiger partial charge in [-0.05, 0) is 49.9 Å². The zero-order valence-corrected chi connectivity index (χ0v) is 21.3. The van der Waals surface area contributed by atoms with Crippen LogP contribution in [0.25, 0.3) is 0 Å². The molecule has 0 saturated carbocycles. The molecule has 3 aromatic heterocycles. The molecular formula is C28H31N5O4. The third kappa shape index (κ3) is 4.18. The topological polar surface area (TPSA) is 97.8 Å². The van der Waals surface area contributed by atoms with E-state index in [9.17, 15) is 9.59 Å². The molecule has 37 heavy (non-hydrogen) atoms. The van der Waals surface area contributed by atoms with E-state index in [-0.39, 0.29) is 18.4 Å². The fourth-order valence-electron chi connectivity index (χ4n) is 6.59. The lowest BCUT2D eigenvalue weighted by Gasteiger charge is -2.62. The van der Waals surface area contributed by atoms with Gasteiger partial charge in [0, 0.05) is 38.2 Å². The first-order chi connectivity index (χ1) is 17.9. The minimum atomic E-state index is -1.09. The molecule has 2 aliphatic rings. The highest BCUT2D eigenvalue weighted by molar-refractivity contribution is 5.84. The van der Waals surface area contributed by atoms with E-state index in [1.54, 1.807) is 18.6 Å². The number of hydrogen-bond acceptors (Lipinski definition) is 9. The number of hydrogen-bond donors (Lipinski definition) is 0. The summed E-state index contributed by atoms with van der Waals surface area (Å²) >= 11 is 0. The van der Waals surface area contributed by atoms with Crippen LogP contribution in [0.3, 0.4) is 0 Å². The maximum Gasteiger partial charge on any atom is 0.315 e. The summed E-state index contributed by atoms with van der Waals surface area (Å²) in [4.78, 5) is 45.9. The van der Waals surface area contributed by atoms with E-state index in [0.29, 0.717) is 19.6 Å². The van der Waals surface area contributed by atoms with Gasteiger partial charge in [0.05, 0.1) is 43.4 Å². The van der Waals surface area contributed by atoms with Crippen molar-refractivity contribution in [3.05, 3.63) is 90.3 Å². The first-order valence-corrected chi connectivity index (χ1v) is 12.3. The Labute approximate surface area is 216 Å². The average molecular weight is 502 g/mol. The summed E-state index contributed by atoms with van der Waals surface area (Å²) in [7, 11) is 4.72. The van der Waals surface area contributed by atoms with Gasteiger partial charge in [0.25, 0.3) is 0 Å². The van der Waals surface area contributed by atoms with Crippen LogP contribution >= 0.6 is 0 Å². The van der Waals surface area contributed by atoms with E-state index >= 15 is 0 Å². The lowest BCUT2D eigenvalue weighted by atomic mass is 9.55. The van der Waals surface area contributed by atoms with Crippen LogP contribution in [-0.4, -0.2) is 71.0 Å². The van der Waals surface area contributed by atoms with E-state index in [1.165, 1.54) is 14.2 Å². The second kappa shape index (κ2) is 9.99. The van der Waals surface area contributed by atoms with Gasteiger partial charge in [-0.2, -0.15) is 0 Å². The van der Waals surface area contributed by atoms with E-state index in [4.69, 9.17) is 19.4 Å². The molecule has 3 aromatic rings. The predicted molar refractivity (Wildman–Crippen MR) is 135 cm³/mol. The van der Waals surface area contributed by atoms with Crippen LogP contribution in [0.4, 0.5) is 0 Å². The largest absolute Gasteiger partial charge is 0.468 e. The highest BCUT2D eigenvalue weighted by atomic mass is 16.5. The second-order valence-electron chi connectivity index (χ2n) is 9.95. The summed E-state index contributed by atoms with van der Waals surface area (Å²) in [5, 5.41) is 0. The van der Waals surface area contributed by atoms with Gasteiger partial charge in [0.2, 0.25) is 0 Å². The molecule has 192 valence electrons. The van der Waals surface area contributed by atoms with Crippen molar-refractivity contribution in [3.8, 4) is 0 Å². The Morgan fingerprint density at radius 3 is 1.70 bits per heavy atom. The number of likely N-dealkylation sites (tertiary alicyclic amines) is 2. The molecule has 0 aliphatic carbocycles. The molecule has 4 unspecified atom stereocenters. The van der Waals surface area contributed by atoms with Crippen molar-refractivity contribution in [2.45, 2.75) is 25.0 Å². The Balaban J connectivity index is 1.83. The molecule has 2 fully saturated rings. The normalized spacial score (nSPS) is 27.9. The molecule has 0 N–H and O–H groups in total. The van der Waals surface area contributed by atoms with E-state index in [2.05, 4.69) is 9.88 Å². The first-order valence-electron chi connectivity index (χ1n) is 12.3. The van der Waals surface area contributed by atoms with E-state index in [1.807, 2.05) is 66.5 Å². The zero-order valence-electron chi connectivity index (χ0n) is 21.3. The Bertz CT molecular complexity index is 1170. The molecule has 0 aromatic carbocycles. The number of pyridine rings is 3. The van der Waals surface area contributed by atoms with Gasteiger partial charge >= 0.3 is 11.9 Å². The van der Waals surface area contributed by atoms with Crippen LogP contribution in [-0.2, 0) is 25.6 Å². The van der Waals surface area contributed by atoms with Gasteiger partial charge in [-0.25, -0.2) is 0 Å². The number of methoxy groups -OCH3 is 2. The summed E-state index contributed by atoms with van der Waals surface area (Å²) in [6.07, 6.45) is 5.43. The number of ether oxygens (including phenoxy) is 2.